The molecule has 0 saturated carbocycles. The maximum atomic E-state index is 14.4. The fraction of sp³-hybridized carbons (Fsp3) is 0.333. The van der Waals surface area contributed by atoms with Gasteiger partial charge < -0.3 is 10.2 Å². The van der Waals surface area contributed by atoms with Crippen LogP contribution in [0.5, 0.6) is 5.75 Å². The van der Waals surface area contributed by atoms with Crippen LogP contribution in [-0.2, 0) is 19.9 Å². The quantitative estimate of drug-likeness (QED) is 0.661. The lowest BCUT2D eigenvalue weighted by molar-refractivity contribution is -0.119. The van der Waals surface area contributed by atoms with Crippen molar-refractivity contribution in [2.24, 2.45) is 0 Å². The molecule has 2 rings (SSSR count). The van der Waals surface area contributed by atoms with Crippen molar-refractivity contribution in [3.8, 4) is 16.9 Å². The monoisotopic (exact) mass is 412 g/mol. The maximum Gasteiger partial charge on any atom is 0.285 e. The molecule has 1 amide bonds. The van der Waals surface area contributed by atoms with E-state index >= 15 is 0 Å². The van der Waals surface area contributed by atoms with E-state index in [0.717, 1.165) is 19.2 Å². The van der Waals surface area contributed by atoms with Crippen LogP contribution in [0.25, 0.3) is 11.1 Å². The Balaban J connectivity index is 2.48. The number of nitrogens with zero attached hydrogens (tertiary/aromatic N) is 1. The van der Waals surface area contributed by atoms with Gasteiger partial charge in [-0.3, -0.25) is 14.2 Å². The number of rotatable bonds is 6. The molecule has 0 radical (unpaired) electrons. The Labute approximate surface area is 161 Å². The lowest BCUT2D eigenvalue weighted by Crippen LogP contribution is -2.51. The highest BCUT2D eigenvalue weighted by atomic mass is 32.2. The minimum atomic E-state index is -4.64. The van der Waals surface area contributed by atoms with Crippen molar-refractivity contribution in [2.75, 3.05) is 0 Å². The summed E-state index contributed by atoms with van der Waals surface area (Å²) in [6.07, 6.45) is 1.32. The summed E-state index contributed by atoms with van der Waals surface area (Å²) in [5.74, 6) is -1.79. The first-order chi connectivity index (χ1) is 12.9. The second-order valence-electron chi connectivity index (χ2n) is 6.41. The fourth-order valence-electron chi connectivity index (χ4n) is 2.54. The molecule has 0 unspecified atom stereocenters. The Morgan fingerprint density at radius 3 is 2.54 bits per heavy atom. The number of aromatic hydroxyl groups is 1. The highest BCUT2D eigenvalue weighted by molar-refractivity contribution is 7.90. The number of hydrogen-bond acceptors (Lipinski definition) is 6. The van der Waals surface area contributed by atoms with Crippen LogP contribution in [0.1, 0.15) is 32.3 Å². The third-order valence-electron chi connectivity index (χ3n) is 4.27. The van der Waals surface area contributed by atoms with Crippen LogP contribution in [-0.4, -0.2) is 29.1 Å². The number of phenols is 1. The molecule has 1 aromatic heterocycles. The number of hydrogen-bond donors (Lipinski definition) is 3. The van der Waals surface area contributed by atoms with E-state index in [1.807, 2.05) is 0 Å². The number of phenolic OH excluding ortho intramolecular Hbond substituents is 1. The van der Waals surface area contributed by atoms with Crippen molar-refractivity contribution in [2.45, 2.75) is 38.7 Å². The van der Waals surface area contributed by atoms with Crippen LogP contribution in [0, 0.1) is 12.7 Å². The number of pyridine rings is 1. The van der Waals surface area contributed by atoms with Gasteiger partial charge in [0.15, 0.2) is 0 Å². The lowest BCUT2D eigenvalue weighted by atomic mass is 10.0. The molecule has 1 atom stereocenters. The van der Waals surface area contributed by atoms with E-state index in [2.05, 4.69) is 0 Å². The molecule has 0 saturated heterocycles. The zero-order chi connectivity index (χ0) is 21.3. The number of aromatic nitrogens is 1. The Bertz CT molecular complexity index is 1080. The van der Waals surface area contributed by atoms with Crippen molar-refractivity contribution >= 4 is 15.9 Å². The molecule has 1 aromatic carbocycles. The van der Waals surface area contributed by atoms with Gasteiger partial charge >= 0.3 is 0 Å². The van der Waals surface area contributed by atoms with Gasteiger partial charge in [-0.15, -0.1) is 0 Å². The van der Waals surface area contributed by atoms with E-state index in [4.69, 9.17) is 0 Å². The molecule has 2 aromatic rings. The van der Waals surface area contributed by atoms with E-state index in [1.54, 1.807) is 11.6 Å². The lowest BCUT2D eigenvalue weighted by Gasteiger charge is -2.26. The van der Waals surface area contributed by atoms with Crippen molar-refractivity contribution < 1.29 is 27.8 Å². The van der Waals surface area contributed by atoms with Crippen molar-refractivity contribution in [3.63, 3.8) is 0 Å². The summed E-state index contributed by atoms with van der Waals surface area (Å²) >= 11 is 0. The van der Waals surface area contributed by atoms with Crippen molar-refractivity contribution in [1.29, 1.82) is 0 Å². The van der Waals surface area contributed by atoms with Crippen LogP contribution >= 0.6 is 0 Å². The summed E-state index contributed by atoms with van der Waals surface area (Å²) in [5, 5.41) is 17.2. The smallest absolute Gasteiger partial charge is 0.285 e. The van der Waals surface area contributed by atoms with Crippen LogP contribution in [0.15, 0.2) is 35.3 Å². The van der Waals surface area contributed by atoms with E-state index in [0.29, 0.717) is 11.0 Å². The van der Waals surface area contributed by atoms with Gasteiger partial charge in [-0.05, 0) is 37.1 Å². The van der Waals surface area contributed by atoms with E-state index in [-0.39, 0.29) is 28.9 Å². The number of nitrogens with one attached hydrogen (secondary N) is 1. The van der Waals surface area contributed by atoms with Gasteiger partial charge in [0.05, 0.1) is 0 Å². The number of sulfonamides is 1. The highest BCUT2D eigenvalue weighted by Gasteiger charge is 2.40. The zero-order valence-electron chi connectivity index (χ0n) is 15.6. The van der Waals surface area contributed by atoms with Gasteiger partial charge in [0.1, 0.15) is 11.6 Å². The number of halogens is 1. The van der Waals surface area contributed by atoms with Gasteiger partial charge in [0.25, 0.3) is 20.6 Å². The van der Waals surface area contributed by atoms with Crippen molar-refractivity contribution in [1.82, 2.24) is 9.29 Å². The summed E-state index contributed by atoms with van der Waals surface area (Å²) in [6.45, 7) is 3.89. The molecule has 0 bridgehead atoms. The number of amides is 1. The summed E-state index contributed by atoms with van der Waals surface area (Å²) < 4.78 is 41.3. The van der Waals surface area contributed by atoms with Gasteiger partial charge in [-0.25, -0.2) is 17.5 Å². The number of carbonyl (C=O) groups excluding carboxylic acids is 1. The zero-order valence-corrected chi connectivity index (χ0v) is 16.4. The minimum absolute atomic E-state index is 0.00473. The summed E-state index contributed by atoms with van der Waals surface area (Å²) in [7, 11) is -4.64. The molecule has 152 valence electrons. The number of aliphatic hydroxyl groups is 1. The third kappa shape index (κ3) is 3.92. The predicted molar refractivity (Wildman–Crippen MR) is 100 cm³/mol. The third-order valence-corrected chi connectivity index (χ3v) is 5.98. The van der Waals surface area contributed by atoms with Crippen LogP contribution < -0.4 is 10.3 Å². The van der Waals surface area contributed by atoms with Crippen LogP contribution in [0.3, 0.4) is 0 Å². The molecule has 3 N–H and O–H groups in total. The van der Waals surface area contributed by atoms with Gasteiger partial charge in [0.2, 0.25) is 5.91 Å². The number of carbonyl (C=O) groups is 1. The average molecular weight is 412 g/mol. The van der Waals surface area contributed by atoms with Gasteiger partial charge in [-0.2, -0.15) is 0 Å². The standard InChI is InChI=1S/C18H21FN2O6S/c1-4-5-15(23)20-28(26,27)18(3,25)21-9-8-12(10-16(21)24)13-6-7-14(22)11(2)17(13)19/h6-10,22,25H,4-5H2,1-3H3,(H,20,23)/t18-/m1/s1. The second-order valence-corrected chi connectivity index (χ2v) is 8.39. The Morgan fingerprint density at radius 1 is 1.32 bits per heavy atom. The Hall–Kier alpha value is -2.72. The Kier molecular flexibility index (Phi) is 5.95. The molecular weight excluding hydrogens is 391 g/mol. The molecular formula is C18H21FN2O6S. The van der Waals surface area contributed by atoms with Crippen LogP contribution in [0.4, 0.5) is 4.39 Å². The first kappa shape index (κ1) is 21.6. The molecule has 28 heavy (non-hydrogen) atoms. The molecule has 0 aliphatic carbocycles. The fourth-order valence-corrected chi connectivity index (χ4v) is 3.55. The van der Waals surface area contributed by atoms with E-state index in [1.165, 1.54) is 25.1 Å². The second kappa shape index (κ2) is 7.72. The highest BCUT2D eigenvalue weighted by Crippen LogP contribution is 2.29. The normalized spacial score (nSPS) is 13.8. The molecule has 10 heteroatoms. The van der Waals surface area contributed by atoms with E-state index in [9.17, 15) is 32.6 Å². The summed E-state index contributed by atoms with van der Waals surface area (Å²) in [5.41, 5.74) is -0.779. The SMILES string of the molecule is CCCC(=O)NS(=O)(=O)[C@@](C)(O)n1ccc(-c2ccc(O)c(C)c2F)cc1=O. The van der Waals surface area contributed by atoms with E-state index < -0.39 is 32.4 Å². The average Bonchev–Trinajstić information content (AvgIpc) is 2.59. The van der Waals surface area contributed by atoms with Crippen molar-refractivity contribution in [3.05, 3.63) is 52.2 Å². The van der Waals surface area contributed by atoms with Gasteiger partial charge in [-0.1, -0.05) is 6.92 Å². The maximum absolute atomic E-state index is 14.4. The largest absolute Gasteiger partial charge is 0.508 e. The van der Waals surface area contributed by atoms with Crippen LogP contribution in [0.2, 0.25) is 0 Å². The minimum Gasteiger partial charge on any atom is -0.508 e. The van der Waals surface area contributed by atoms with Gasteiger partial charge in [0, 0.05) is 36.7 Å². The number of benzene rings is 1. The first-order valence-electron chi connectivity index (χ1n) is 8.41. The summed E-state index contributed by atoms with van der Waals surface area (Å²) in [6, 6.07) is 4.74. The molecule has 0 aliphatic heterocycles. The molecule has 0 fully saturated rings. The molecule has 1 heterocycles. The molecule has 0 spiro atoms. The Morgan fingerprint density at radius 2 is 1.96 bits per heavy atom. The summed E-state index contributed by atoms with van der Waals surface area (Å²) in [4.78, 5) is 24.0. The predicted octanol–water partition coefficient (Wildman–Crippen LogP) is 1.54. The first-order valence-corrected chi connectivity index (χ1v) is 9.90. The molecule has 8 nitrogen and oxygen atoms in total. The molecule has 0 aliphatic rings. The topological polar surface area (TPSA) is 126 Å².